The van der Waals surface area contributed by atoms with Crippen molar-refractivity contribution >= 4 is 58.3 Å². The van der Waals surface area contributed by atoms with Crippen LogP contribution in [0.2, 0.25) is 0 Å². The van der Waals surface area contributed by atoms with Gasteiger partial charge in [0.15, 0.2) is 0 Å². The normalized spacial score (nSPS) is 12.5. The number of esters is 2. The summed E-state index contributed by atoms with van der Waals surface area (Å²) < 4.78 is 21.7. The second-order valence-electron chi connectivity index (χ2n) is 6.79. The number of hydrogen-bond acceptors (Lipinski definition) is 6. The largest absolute Gasteiger partial charge is 0.493 e. The van der Waals surface area contributed by atoms with Crippen molar-refractivity contribution in [3.63, 3.8) is 0 Å². The Morgan fingerprint density at radius 3 is 1.45 bits per heavy atom. The van der Waals surface area contributed by atoms with Crippen LogP contribution < -0.4 is 18.9 Å². The Hall–Kier alpha value is -1.86. The van der Waals surface area contributed by atoms with Crippen LogP contribution in [0, 0.1) is 0 Å². The lowest BCUT2D eigenvalue weighted by Gasteiger charge is -2.11. The van der Waals surface area contributed by atoms with Crippen molar-refractivity contribution in [2.75, 3.05) is 25.0 Å². The topological polar surface area (TPSA) is 71.1 Å². The maximum Gasteiger partial charge on any atom is 0.330 e. The van der Waals surface area contributed by atoms with Crippen LogP contribution in [0.3, 0.4) is 0 Å². The lowest BCUT2D eigenvalue weighted by molar-refractivity contribution is -0.134. The van der Waals surface area contributed by atoms with E-state index >= 15 is 0 Å². The van der Waals surface area contributed by atoms with E-state index < -0.39 is 22.7 Å². The van der Waals surface area contributed by atoms with E-state index in [1.165, 1.54) is 0 Å². The molecular weight excluding hydrogens is 514 g/mol. The Bertz CT molecular complexity index is 823. The van der Waals surface area contributed by atoms with Gasteiger partial charge < -0.3 is 18.9 Å². The first kappa shape index (κ1) is 27.4. The number of halogens is 4. The van der Waals surface area contributed by atoms with E-state index in [1.54, 1.807) is 48.5 Å². The van der Waals surface area contributed by atoms with Crippen molar-refractivity contribution in [1.29, 1.82) is 0 Å². The number of carbonyl (C=O) groups is 2. The van der Waals surface area contributed by atoms with Gasteiger partial charge in [-0.25, -0.2) is 9.59 Å². The summed E-state index contributed by atoms with van der Waals surface area (Å²) in [6, 6.07) is 13.5. The lowest BCUT2D eigenvalue weighted by atomic mass is 10.2. The third kappa shape index (κ3) is 10.3. The molecule has 0 aliphatic carbocycles. The highest BCUT2D eigenvalue weighted by molar-refractivity contribution is 6.36. The highest BCUT2D eigenvalue weighted by Crippen LogP contribution is 2.22. The zero-order chi connectivity index (χ0) is 24.1. The van der Waals surface area contributed by atoms with Gasteiger partial charge in [-0.2, -0.15) is 0 Å². The number of rotatable bonds is 14. The number of hydrogen-bond donors (Lipinski definition) is 0. The average molecular weight is 538 g/mol. The fourth-order valence-electron chi connectivity index (χ4n) is 2.50. The number of benzene rings is 2. The maximum absolute atomic E-state index is 11.7. The quantitative estimate of drug-likeness (QED) is 0.131. The Morgan fingerprint density at radius 1 is 0.667 bits per heavy atom. The summed E-state index contributed by atoms with van der Waals surface area (Å²) in [7, 11) is 0. The van der Waals surface area contributed by atoms with Gasteiger partial charge in [-0.1, -0.05) is 12.1 Å². The van der Waals surface area contributed by atoms with Crippen molar-refractivity contribution in [2.24, 2.45) is 0 Å². The molecule has 2 aromatic rings. The first-order valence-corrected chi connectivity index (χ1v) is 12.2. The Morgan fingerprint density at radius 2 is 1.06 bits per heavy atom. The first-order valence-electron chi connectivity index (χ1n) is 10.2. The van der Waals surface area contributed by atoms with E-state index in [0.29, 0.717) is 36.2 Å². The van der Waals surface area contributed by atoms with Gasteiger partial charge in [0, 0.05) is 23.9 Å². The van der Waals surface area contributed by atoms with Gasteiger partial charge >= 0.3 is 11.9 Å². The Kier molecular flexibility index (Phi) is 12.5. The number of unbranched alkanes of at least 4 members (excludes halogenated alkanes) is 2. The molecule has 2 atom stereocenters. The molecule has 0 heterocycles. The molecule has 0 bridgehead atoms. The molecule has 0 N–H and O–H groups in total. The standard InChI is InChI=1S/C23H24Cl4O6/c24-14-20(26)22(28)32-18-8-4-6-16(12-18)30-10-2-1-3-11-31-17-7-5-9-19(13-17)33-23(29)21(27)15-25/h4-9,12-13,20-21H,1-3,10-11,14-15H2. The third-order valence-electron chi connectivity index (χ3n) is 4.16. The van der Waals surface area contributed by atoms with E-state index in [-0.39, 0.29) is 11.8 Å². The molecule has 2 unspecified atom stereocenters. The molecular formula is C23H24Cl4O6. The molecule has 0 radical (unpaired) electrons. The minimum atomic E-state index is -0.898. The van der Waals surface area contributed by atoms with Gasteiger partial charge in [0.25, 0.3) is 0 Å². The molecule has 2 rings (SSSR count). The summed E-state index contributed by atoms with van der Waals surface area (Å²) in [6.45, 7) is 1.01. The highest BCUT2D eigenvalue weighted by atomic mass is 35.5. The van der Waals surface area contributed by atoms with Gasteiger partial charge in [0.2, 0.25) is 0 Å². The molecule has 10 heteroatoms. The van der Waals surface area contributed by atoms with Crippen molar-refractivity contribution < 1.29 is 28.5 Å². The SMILES string of the molecule is O=C(Oc1cccc(OCCCCCOc2cccc(OC(=O)C(Cl)CCl)c2)c1)C(Cl)CCl. The van der Waals surface area contributed by atoms with Crippen LogP contribution >= 0.6 is 46.4 Å². The minimum absolute atomic E-state index is 0.0256. The molecule has 0 spiro atoms. The fraction of sp³-hybridized carbons (Fsp3) is 0.391. The monoisotopic (exact) mass is 536 g/mol. The van der Waals surface area contributed by atoms with Gasteiger partial charge in [-0.05, 0) is 43.5 Å². The van der Waals surface area contributed by atoms with E-state index in [2.05, 4.69) is 0 Å². The zero-order valence-corrected chi connectivity index (χ0v) is 20.7. The van der Waals surface area contributed by atoms with Gasteiger partial charge in [0.1, 0.15) is 33.8 Å². The van der Waals surface area contributed by atoms with Crippen molar-refractivity contribution in [3.8, 4) is 23.0 Å². The van der Waals surface area contributed by atoms with E-state index in [0.717, 1.165) is 19.3 Å². The maximum atomic E-state index is 11.7. The second kappa shape index (κ2) is 15.1. The van der Waals surface area contributed by atoms with Crippen LogP contribution in [-0.2, 0) is 9.59 Å². The highest BCUT2D eigenvalue weighted by Gasteiger charge is 2.17. The first-order chi connectivity index (χ1) is 15.9. The second-order valence-corrected chi connectivity index (χ2v) is 8.46. The predicted octanol–water partition coefficient (Wildman–Crippen LogP) is 5.82. The van der Waals surface area contributed by atoms with E-state index in [4.69, 9.17) is 65.4 Å². The van der Waals surface area contributed by atoms with Crippen molar-refractivity contribution in [1.82, 2.24) is 0 Å². The summed E-state index contributed by atoms with van der Waals surface area (Å²) in [6.07, 6.45) is 2.52. The summed E-state index contributed by atoms with van der Waals surface area (Å²) in [5.41, 5.74) is 0. The third-order valence-corrected chi connectivity index (χ3v) is 5.75. The predicted molar refractivity (Wildman–Crippen MR) is 130 cm³/mol. The molecule has 0 aliphatic heterocycles. The lowest BCUT2D eigenvalue weighted by Crippen LogP contribution is -2.22. The molecule has 6 nitrogen and oxygen atoms in total. The van der Waals surface area contributed by atoms with E-state index in [9.17, 15) is 9.59 Å². The van der Waals surface area contributed by atoms with Crippen LogP contribution in [0.5, 0.6) is 23.0 Å². The minimum Gasteiger partial charge on any atom is -0.493 e. The Balaban J connectivity index is 1.65. The van der Waals surface area contributed by atoms with Gasteiger partial charge in [-0.3, -0.25) is 0 Å². The Labute approximate surface area is 212 Å². The van der Waals surface area contributed by atoms with Crippen LogP contribution in [0.4, 0.5) is 0 Å². The summed E-state index contributed by atoms with van der Waals surface area (Å²) in [4.78, 5) is 23.4. The summed E-state index contributed by atoms with van der Waals surface area (Å²) >= 11 is 22.6. The molecule has 0 fully saturated rings. The molecule has 180 valence electrons. The molecule has 33 heavy (non-hydrogen) atoms. The molecule has 0 saturated heterocycles. The smallest absolute Gasteiger partial charge is 0.330 e. The van der Waals surface area contributed by atoms with Gasteiger partial charge in [0.05, 0.1) is 13.2 Å². The molecule has 0 saturated carbocycles. The van der Waals surface area contributed by atoms with Crippen molar-refractivity contribution in [3.05, 3.63) is 48.5 Å². The van der Waals surface area contributed by atoms with Crippen LogP contribution in [0.1, 0.15) is 19.3 Å². The van der Waals surface area contributed by atoms with Crippen LogP contribution in [-0.4, -0.2) is 47.7 Å². The molecule has 2 aromatic carbocycles. The molecule has 0 aliphatic rings. The number of carbonyl (C=O) groups excluding carboxylic acids is 2. The van der Waals surface area contributed by atoms with Crippen molar-refractivity contribution in [2.45, 2.75) is 30.0 Å². The molecule has 0 amide bonds. The summed E-state index contributed by atoms with van der Waals surface area (Å²) in [5, 5.41) is -1.80. The summed E-state index contributed by atoms with van der Waals surface area (Å²) in [5.74, 6) is 0.612. The zero-order valence-electron chi connectivity index (χ0n) is 17.7. The van der Waals surface area contributed by atoms with E-state index in [1.807, 2.05) is 0 Å². The van der Waals surface area contributed by atoms with Crippen LogP contribution in [0.25, 0.3) is 0 Å². The van der Waals surface area contributed by atoms with Crippen LogP contribution in [0.15, 0.2) is 48.5 Å². The average Bonchev–Trinajstić information content (AvgIpc) is 2.82. The number of alkyl halides is 4. The number of ether oxygens (including phenoxy) is 4. The molecule has 0 aromatic heterocycles. The fourth-order valence-corrected chi connectivity index (χ4v) is 2.84. The van der Waals surface area contributed by atoms with Gasteiger partial charge in [-0.15, -0.1) is 46.4 Å².